The molecule has 0 amide bonds. The van der Waals surface area contributed by atoms with Crippen molar-refractivity contribution in [1.82, 2.24) is 4.57 Å². The molecular weight excluding hydrogens is 358 g/mol. The summed E-state index contributed by atoms with van der Waals surface area (Å²) in [5, 5.41) is 6.89. The van der Waals surface area contributed by atoms with Crippen LogP contribution in [0.15, 0.2) is 78.9 Å². The van der Waals surface area contributed by atoms with Gasteiger partial charge in [-0.2, -0.15) is 0 Å². The lowest BCUT2D eigenvalue weighted by atomic mass is 10.0. The second kappa shape index (κ2) is 10.9. The highest BCUT2D eigenvalue weighted by atomic mass is 16.3. The Hall–Kier alpha value is -3.33. The van der Waals surface area contributed by atoms with Crippen LogP contribution in [0, 0.1) is 6.92 Å². The highest BCUT2D eigenvalue weighted by Gasteiger charge is 2.18. The Morgan fingerprint density at radius 2 is 1.72 bits per heavy atom. The van der Waals surface area contributed by atoms with E-state index in [2.05, 4.69) is 111 Å². The largest absolute Gasteiger partial charge is 0.483 e. The van der Waals surface area contributed by atoms with E-state index < -0.39 is 0 Å². The Morgan fingerprint density at radius 3 is 2.28 bits per heavy atom. The summed E-state index contributed by atoms with van der Waals surface area (Å²) in [6, 6.07) is 21.8. The summed E-state index contributed by atoms with van der Waals surface area (Å²) in [7, 11) is 0. The molecule has 1 heterocycles. The second-order valence-electron chi connectivity index (χ2n) is 6.63. The first-order valence-electron chi connectivity index (χ1n) is 9.85. The summed E-state index contributed by atoms with van der Waals surface area (Å²) in [4.78, 5) is 8.36. The lowest BCUT2D eigenvalue weighted by molar-refractivity contribution is -0.122. The number of hydrogen-bond acceptors (Lipinski definition) is 1. The van der Waals surface area contributed by atoms with E-state index in [0.29, 0.717) is 0 Å². The van der Waals surface area contributed by atoms with Crippen molar-refractivity contribution >= 4 is 12.0 Å². The highest BCUT2D eigenvalue weighted by Crippen LogP contribution is 2.34. The predicted octanol–water partition coefficient (Wildman–Crippen LogP) is 6.70. The van der Waals surface area contributed by atoms with Crippen molar-refractivity contribution in [2.45, 2.75) is 34.1 Å². The molecule has 0 radical (unpaired) electrons. The number of benzene rings is 2. The third-order valence-corrected chi connectivity index (χ3v) is 4.74. The zero-order valence-electron chi connectivity index (χ0n) is 17.6. The summed E-state index contributed by atoms with van der Waals surface area (Å²) in [6.07, 6.45) is 7.47. The van der Waals surface area contributed by atoms with Crippen molar-refractivity contribution in [1.29, 1.82) is 0 Å². The normalized spacial score (nSPS) is 11.2. The maximum Gasteiger partial charge on any atom is 0.290 e. The summed E-state index contributed by atoms with van der Waals surface area (Å²) in [6.45, 7) is 8.32. The van der Waals surface area contributed by atoms with Gasteiger partial charge in [-0.05, 0) is 62.1 Å². The van der Waals surface area contributed by atoms with Gasteiger partial charge in [0.05, 0.1) is 5.69 Å². The van der Waals surface area contributed by atoms with Gasteiger partial charge in [0.1, 0.15) is 0 Å². The first-order chi connectivity index (χ1) is 14.1. The predicted molar refractivity (Wildman–Crippen MR) is 122 cm³/mol. The molecule has 0 fully saturated rings. The fourth-order valence-electron chi connectivity index (χ4n) is 3.55. The van der Waals surface area contributed by atoms with E-state index in [0.717, 1.165) is 6.42 Å². The minimum absolute atomic E-state index is 0.250. The molecule has 29 heavy (non-hydrogen) atoms. The number of allylic oxidation sites excluding steroid dienone is 4. The molecule has 0 aliphatic carbocycles. The van der Waals surface area contributed by atoms with Crippen LogP contribution in [0.25, 0.3) is 22.4 Å². The average molecular weight is 388 g/mol. The molecule has 0 unspecified atom stereocenters. The molecular formula is C26H29NO2. The molecule has 3 nitrogen and oxygen atoms in total. The molecule has 2 aromatic carbocycles. The van der Waals surface area contributed by atoms with E-state index in [9.17, 15) is 0 Å². The number of carbonyl (C=O) groups is 1. The zero-order valence-corrected chi connectivity index (χ0v) is 17.6. The van der Waals surface area contributed by atoms with Crippen LogP contribution < -0.4 is 0 Å². The third-order valence-electron chi connectivity index (χ3n) is 4.74. The van der Waals surface area contributed by atoms with Gasteiger partial charge in [0.15, 0.2) is 0 Å². The van der Waals surface area contributed by atoms with Crippen LogP contribution in [0.5, 0.6) is 0 Å². The van der Waals surface area contributed by atoms with Gasteiger partial charge in [-0.25, -0.2) is 0 Å². The summed E-state index contributed by atoms with van der Waals surface area (Å²) >= 11 is 0. The lowest BCUT2D eigenvalue weighted by Crippen LogP contribution is -2.04. The Labute approximate surface area is 173 Å². The van der Waals surface area contributed by atoms with E-state index >= 15 is 0 Å². The maximum atomic E-state index is 8.36. The fourth-order valence-corrected chi connectivity index (χ4v) is 3.55. The summed E-state index contributed by atoms with van der Waals surface area (Å²) < 4.78 is 2.42. The molecule has 0 aliphatic heterocycles. The van der Waals surface area contributed by atoms with Crippen molar-refractivity contribution in [3.05, 3.63) is 95.8 Å². The second-order valence-corrected chi connectivity index (χ2v) is 6.63. The van der Waals surface area contributed by atoms with Crippen molar-refractivity contribution < 1.29 is 9.90 Å². The SMILES string of the molecule is C/C=C\C(=C/C)c1cc(-c2ccccc2)c(CC)n1-c1cccc(C)c1.O=CO. The van der Waals surface area contributed by atoms with Crippen molar-refractivity contribution in [3.8, 4) is 16.8 Å². The van der Waals surface area contributed by atoms with E-state index in [1.807, 2.05) is 0 Å². The number of hydrogen-bond donors (Lipinski definition) is 1. The molecule has 1 aromatic heterocycles. The molecule has 0 spiro atoms. The van der Waals surface area contributed by atoms with E-state index in [1.165, 1.54) is 39.3 Å². The van der Waals surface area contributed by atoms with Gasteiger partial charge in [0.2, 0.25) is 0 Å². The van der Waals surface area contributed by atoms with Gasteiger partial charge < -0.3 is 9.67 Å². The molecule has 3 heteroatoms. The molecule has 1 N–H and O–H groups in total. The van der Waals surface area contributed by atoms with Gasteiger partial charge in [0, 0.05) is 16.9 Å². The average Bonchev–Trinajstić information content (AvgIpc) is 3.12. The van der Waals surface area contributed by atoms with E-state index in [1.54, 1.807) is 0 Å². The number of nitrogens with zero attached hydrogens (tertiary/aromatic N) is 1. The summed E-state index contributed by atoms with van der Waals surface area (Å²) in [5.74, 6) is 0. The Morgan fingerprint density at radius 1 is 1.03 bits per heavy atom. The van der Waals surface area contributed by atoms with Crippen molar-refractivity contribution in [2.75, 3.05) is 0 Å². The van der Waals surface area contributed by atoms with Crippen LogP contribution in [0.4, 0.5) is 0 Å². The Balaban J connectivity index is 0.000000941. The standard InChI is InChI=1S/C25H27N.CH2O2/c1-5-12-20(6-2)25-18-23(21-14-9-8-10-15-21)24(7-3)26(25)22-16-11-13-19(4)17-22;2-1-3/h5-6,8-18H,7H2,1-4H3;1H,(H,2,3)/b12-5-,20-6+;. The number of aryl methyl sites for hydroxylation is 1. The fraction of sp³-hybridized carbons (Fsp3) is 0.192. The topological polar surface area (TPSA) is 42.2 Å². The third kappa shape index (κ3) is 5.14. The smallest absolute Gasteiger partial charge is 0.290 e. The molecule has 0 saturated heterocycles. The number of aromatic nitrogens is 1. The van der Waals surface area contributed by atoms with Crippen LogP contribution in [0.2, 0.25) is 0 Å². The van der Waals surface area contributed by atoms with Gasteiger partial charge in [-0.3, -0.25) is 4.79 Å². The molecule has 0 atom stereocenters. The van der Waals surface area contributed by atoms with E-state index in [4.69, 9.17) is 9.90 Å². The van der Waals surface area contributed by atoms with Crippen LogP contribution in [0.3, 0.4) is 0 Å². The van der Waals surface area contributed by atoms with Crippen molar-refractivity contribution in [3.63, 3.8) is 0 Å². The lowest BCUT2D eigenvalue weighted by Gasteiger charge is -2.15. The molecule has 3 rings (SSSR count). The highest BCUT2D eigenvalue weighted by molar-refractivity contribution is 5.80. The quantitative estimate of drug-likeness (QED) is 0.391. The first kappa shape index (κ1) is 22.0. The Bertz CT molecular complexity index is 995. The minimum atomic E-state index is -0.250. The van der Waals surface area contributed by atoms with Gasteiger partial charge >= 0.3 is 0 Å². The monoisotopic (exact) mass is 387 g/mol. The van der Waals surface area contributed by atoms with Gasteiger partial charge in [-0.1, -0.05) is 67.6 Å². The maximum absolute atomic E-state index is 8.36. The van der Waals surface area contributed by atoms with Crippen LogP contribution in [-0.2, 0) is 11.2 Å². The molecule has 0 saturated carbocycles. The molecule has 0 bridgehead atoms. The van der Waals surface area contributed by atoms with Gasteiger partial charge in [0.25, 0.3) is 6.47 Å². The molecule has 150 valence electrons. The zero-order chi connectivity index (χ0) is 21.2. The number of carboxylic acid groups (broad SMARTS) is 1. The minimum Gasteiger partial charge on any atom is -0.483 e. The molecule has 0 aliphatic rings. The summed E-state index contributed by atoms with van der Waals surface area (Å²) in [5.41, 5.74) is 8.92. The molecule has 3 aromatic rings. The number of rotatable bonds is 5. The van der Waals surface area contributed by atoms with E-state index in [-0.39, 0.29) is 6.47 Å². The van der Waals surface area contributed by atoms with Crippen LogP contribution in [-0.4, -0.2) is 16.1 Å². The van der Waals surface area contributed by atoms with Crippen molar-refractivity contribution in [2.24, 2.45) is 0 Å². The van der Waals surface area contributed by atoms with Crippen LogP contribution in [0.1, 0.15) is 37.7 Å². The Kier molecular flexibility index (Phi) is 8.23. The van der Waals surface area contributed by atoms with Crippen LogP contribution >= 0.6 is 0 Å². The first-order valence-corrected chi connectivity index (χ1v) is 9.85. The van der Waals surface area contributed by atoms with Gasteiger partial charge in [-0.15, -0.1) is 0 Å².